The maximum Gasteiger partial charge on any atom is 0.243 e. The number of thiazole rings is 1. The molecule has 1 aliphatic rings. The zero-order chi connectivity index (χ0) is 15.4. The smallest absolute Gasteiger partial charge is 0.243 e. The summed E-state index contributed by atoms with van der Waals surface area (Å²) in [6, 6.07) is -0.156. The van der Waals surface area contributed by atoms with Gasteiger partial charge in [-0.1, -0.05) is 12.1 Å². The van der Waals surface area contributed by atoms with E-state index in [0.29, 0.717) is 23.4 Å². The van der Waals surface area contributed by atoms with Crippen molar-refractivity contribution in [1.82, 2.24) is 20.0 Å². The van der Waals surface area contributed by atoms with Gasteiger partial charge in [0.15, 0.2) is 11.0 Å². The second kappa shape index (κ2) is 6.97. The molecule has 2 aromatic rings. The summed E-state index contributed by atoms with van der Waals surface area (Å²) >= 11 is 1.42. The maximum atomic E-state index is 12.4. The van der Waals surface area contributed by atoms with E-state index in [0.717, 1.165) is 32.2 Å². The molecule has 0 radical (unpaired) electrons. The highest BCUT2D eigenvalue weighted by Gasteiger charge is 2.32. The van der Waals surface area contributed by atoms with Crippen molar-refractivity contribution in [3.8, 4) is 0 Å². The second-order valence-corrected chi connectivity index (χ2v) is 6.20. The number of hydrogen-bond donors (Lipinski definition) is 1. The number of carbonyl (C=O) groups is 1. The van der Waals surface area contributed by atoms with Crippen molar-refractivity contribution in [2.24, 2.45) is 0 Å². The molecule has 3 rings (SSSR count). The lowest BCUT2D eigenvalue weighted by Gasteiger charge is -2.21. The van der Waals surface area contributed by atoms with E-state index in [9.17, 15) is 4.79 Å². The van der Waals surface area contributed by atoms with Gasteiger partial charge in [0.05, 0.1) is 12.6 Å². The van der Waals surface area contributed by atoms with Gasteiger partial charge in [0, 0.05) is 18.0 Å². The number of aryl methyl sites for hydroxylation is 1. The van der Waals surface area contributed by atoms with Crippen LogP contribution in [0.4, 0.5) is 5.13 Å². The van der Waals surface area contributed by atoms with Crippen LogP contribution in [0.2, 0.25) is 0 Å². The monoisotopic (exact) mass is 321 g/mol. The minimum absolute atomic E-state index is 0.00951. The summed E-state index contributed by atoms with van der Waals surface area (Å²) < 4.78 is 5.20. The Kier molecular flexibility index (Phi) is 4.79. The van der Waals surface area contributed by atoms with Gasteiger partial charge in [-0.05, 0) is 25.8 Å². The van der Waals surface area contributed by atoms with E-state index in [1.165, 1.54) is 11.3 Å². The highest BCUT2D eigenvalue weighted by Crippen LogP contribution is 2.21. The molecule has 1 atom stereocenters. The molecule has 1 fully saturated rings. The molecule has 1 amide bonds. The fourth-order valence-corrected chi connectivity index (χ4v) is 3.17. The fraction of sp³-hybridized carbons (Fsp3) is 0.571. The minimum atomic E-state index is -0.156. The normalized spacial score (nSPS) is 18.7. The lowest BCUT2D eigenvalue weighted by atomic mass is 10.2. The van der Waals surface area contributed by atoms with E-state index >= 15 is 0 Å². The van der Waals surface area contributed by atoms with Crippen LogP contribution in [-0.4, -0.2) is 38.5 Å². The number of aromatic nitrogens is 3. The van der Waals surface area contributed by atoms with Crippen LogP contribution in [0.15, 0.2) is 16.1 Å². The number of anilines is 1. The Morgan fingerprint density at radius 2 is 2.50 bits per heavy atom. The lowest BCUT2D eigenvalue weighted by molar-refractivity contribution is -0.120. The molecule has 0 unspecified atom stereocenters. The Morgan fingerprint density at radius 1 is 1.59 bits per heavy atom. The molecule has 0 saturated carbocycles. The maximum absolute atomic E-state index is 12.4. The second-order valence-electron chi connectivity index (χ2n) is 5.31. The fourth-order valence-electron chi connectivity index (χ4n) is 2.64. The predicted octanol–water partition coefficient (Wildman–Crippen LogP) is 2.08. The van der Waals surface area contributed by atoms with Gasteiger partial charge < -0.3 is 9.84 Å². The molecule has 22 heavy (non-hydrogen) atoms. The van der Waals surface area contributed by atoms with E-state index < -0.39 is 0 Å². The van der Waals surface area contributed by atoms with Crippen LogP contribution in [0.5, 0.6) is 0 Å². The number of carbonyl (C=O) groups excluding carboxylic acids is 1. The molecular formula is C14H19N5O2S. The van der Waals surface area contributed by atoms with Crippen LogP contribution in [0.1, 0.15) is 37.9 Å². The number of rotatable bonds is 6. The minimum Gasteiger partial charge on any atom is -0.339 e. The quantitative estimate of drug-likeness (QED) is 0.877. The number of amides is 1. The number of likely N-dealkylation sites (tertiary alicyclic amines) is 1. The average molecular weight is 321 g/mol. The SMILES string of the molecule is CCCc1nc(CN2CCC[C@H]2C(=O)Nc2nccs2)no1. The molecule has 8 heteroatoms. The van der Waals surface area contributed by atoms with Gasteiger partial charge in [0.25, 0.3) is 0 Å². The van der Waals surface area contributed by atoms with E-state index in [1.807, 2.05) is 5.38 Å². The van der Waals surface area contributed by atoms with E-state index in [1.54, 1.807) is 6.20 Å². The highest BCUT2D eigenvalue weighted by atomic mass is 32.1. The molecule has 3 heterocycles. The summed E-state index contributed by atoms with van der Waals surface area (Å²) in [5.74, 6) is 1.31. The van der Waals surface area contributed by atoms with Crippen LogP contribution < -0.4 is 5.32 Å². The summed E-state index contributed by atoms with van der Waals surface area (Å²) in [6.45, 7) is 3.49. The largest absolute Gasteiger partial charge is 0.339 e. The van der Waals surface area contributed by atoms with Crippen LogP contribution in [0.25, 0.3) is 0 Å². The summed E-state index contributed by atoms with van der Waals surface area (Å²) in [7, 11) is 0. The van der Waals surface area contributed by atoms with Crippen molar-refractivity contribution in [1.29, 1.82) is 0 Å². The van der Waals surface area contributed by atoms with Crippen LogP contribution >= 0.6 is 11.3 Å². The molecule has 0 aliphatic carbocycles. The van der Waals surface area contributed by atoms with Crippen molar-refractivity contribution in [3.63, 3.8) is 0 Å². The van der Waals surface area contributed by atoms with Gasteiger partial charge in [-0.15, -0.1) is 11.3 Å². The highest BCUT2D eigenvalue weighted by molar-refractivity contribution is 7.13. The Balaban J connectivity index is 1.61. The molecule has 2 aromatic heterocycles. The van der Waals surface area contributed by atoms with Crippen LogP contribution in [-0.2, 0) is 17.8 Å². The number of nitrogens with zero attached hydrogens (tertiary/aromatic N) is 4. The number of nitrogens with one attached hydrogen (secondary N) is 1. The predicted molar refractivity (Wildman–Crippen MR) is 82.5 cm³/mol. The zero-order valence-corrected chi connectivity index (χ0v) is 13.3. The van der Waals surface area contributed by atoms with Crippen molar-refractivity contribution in [3.05, 3.63) is 23.3 Å². The van der Waals surface area contributed by atoms with Gasteiger partial charge >= 0.3 is 0 Å². The number of hydrogen-bond acceptors (Lipinski definition) is 7. The summed E-state index contributed by atoms with van der Waals surface area (Å²) in [6.07, 6.45) is 5.29. The first-order chi connectivity index (χ1) is 10.8. The summed E-state index contributed by atoms with van der Waals surface area (Å²) in [5, 5.41) is 9.35. The lowest BCUT2D eigenvalue weighted by Crippen LogP contribution is -2.39. The van der Waals surface area contributed by atoms with E-state index in [4.69, 9.17) is 4.52 Å². The third-order valence-corrected chi connectivity index (χ3v) is 4.34. The first-order valence-electron chi connectivity index (χ1n) is 7.52. The Labute approximate surface area is 132 Å². The molecule has 7 nitrogen and oxygen atoms in total. The van der Waals surface area contributed by atoms with Gasteiger partial charge in [-0.25, -0.2) is 4.98 Å². The Hall–Kier alpha value is -1.80. The van der Waals surface area contributed by atoms with Crippen LogP contribution in [0.3, 0.4) is 0 Å². The first kappa shape index (κ1) is 15.1. The Morgan fingerprint density at radius 3 is 3.27 bits per heavy atom. The first-order valence-corrected chi connectivity index (χ1v) is 8.40. The van der Waals surface area contributed by atoms with Gasteiger partial charge in [0.1, 0.15) is 0 Å². The van der Waals surface area contributed by atoms with Crippen molar-refractivity contribution >= 4 is 22.4 Å². The van der Waals surface area contributed by atoms with Crippen molar-refractivity contribution < 1.29 is 9.32 Å². The van der Waals surface area contributed by atoms with Gasteiger partial charge in [-0.2, -0.15) is 4.98 Å². The van der Waals surface area contributed by atoms with E-state index in [-0.39, 0.29) is 11.9 Å². The molecule has 0 aromatic carbocycles. The van der Waals surface area contributed by atoms with Crippen molar-refractivity contribution in [2.75, 3.05) is 11.9 Å². The molecule has 1 saturated heterocycles. The van der Waals surface area contributed by atoms with Gasteiger partial charge in [0.2, 0.25) is 11.8 Å². The molecular weight excluding hydrogens is 302 g/mol. The molecule has 118 valence electrons. The van der Waals surface area contributed by atoms with Gasteiger partial charge in [-0.3, -0.25) is 9.69 Å². The Bertz CT molecular complexity index is 613. The summed E-state index contributed by atoms with van der Waals surface area (Å²) in [5.41, 5.74) is 0. The molecule has 0 spiro atoms. The third-order valence-electron chi connectivity index (χ3n) is 3.65. The average Bonchev–Trinajstić information content (AvgIpc) is 3.22. The van der Waals surface area contributed by atoms with Crippen molar-refractivity contribution in [2.45, 2.75) is 45.2 Å². The summed E-state index contributed by atoms with van der Waals surface area (Å²) in [4.78, 5) is 22.9. The topological polar surface area (TPSA) is 84.2 Å². The molecule has 1 N–H and O–H groups in total. The standard InChI is InChI=1S/C14H19N5O2S/c1-2-4-12-16-11(18-21-12)9-19-7-3-5-10(19)13(20)17-14-15-6-8-22-14/h6,8,10H,2-5,7,9H2,1H3,(H,15,17,20)/t10-/m0/s1. The van der Waals surface area contributed by atoms with Crippen LogP contribution in [0, 0.1) is 0 Å². The van der Waals surface area contributed by atoms with E-state index in [2.05, 4.69) is 32.3 Å². The molecule has 0 bridgehead atoms. The third kappa shape index (κ3) is 3.50. The zero-order valence-electron chi connectivity index (χ0n) is 12.5. The molecule has 1 aliphatic heterocycles.